The molecule has 0 aliphatic carbocycles. The van der Waals surface area contributed by atoms with Crippen LogP contribution in [0.5, 0.6) is 0 Å². The van der Waals surface area contributed by atoms with Gasteiger partial charge in [-0.2, -0.15) is 0 Å². The van der Waals surface area contributed by atoms with Crippen molar-refractivity contribution in [2.24, 2.45) is 0 Å². The number of hydrogen-bond donors (Lipinski definition) is 0. The second-order valence-electron chi connectivity index (χ2n) is 2.82. The molecular weight excluding hydrogens is 338 g/mol. The smallest absolute Gasteiger partial charge is 0.115 e. The quantitative estimate of drug-likeness (QED) is 0.779. The Labute approximate surface area is 110 Å². The van der Waals surface area contributed by atoms with Crippen molar-refractivity contribution in [2.45, 2.75) is 9.92 Å². The zero-order chi connectivity index (χ0) is 10.7. The summed E-state index contributed by atoms with van der Waals surface area (Å²) in [4.78, 5) is 5.47. The van der Waals surface area contributed by atoms with Gasteiger partial charge >= 0.3 is 0 Å². The van der Waals surface area contributed by atoms with Crippen molar-refractivity contribution in [3.05, 3.63) is 51.5 Å². The molecule has 0 fully saturated rings. The molecule has 4 heteroatoms. The average molecular weight is 345 g/mol. The van der Waals surface area contributed by atoms with E-state index in [-0.39, 0.29) is 0 Å². The summed E-state index contributed by atoms with van der Waals surface area (Å²) in [6, 6.07) is 12.0. The Hall–Kier alpha value is -0.320. The van der Waals surface area contributed by atoms with Gasteiger partial charge in [0.2, 0.25) is 0 Å². The average Bonchev–Trinajstić information content (AvgIpc) is 2.24. The van der Waals surface area contributed by atoms with E-state index in [1.807, 2.05) is 30.3 Å². The second kappa shape index (κ2) is 5.14. The molecule has 2 rings (SSSR count). The molecule has 1 aromatic carbocycles. The van der Waals surface area contributed by atoms with E-state index >= 15 is 0 Å². The summed E-state index contributed by atoms with van der Waals surface area (Å²) in [5, 5.41) is 0.976. The molecule has 0 N–H and O–H groups in total. The lowest BCUT2D eigenvalue weighted by molar-refractivity contribution is 1.11. The van der Waals surface area contributed by atoms with Crippen LogP contribution >= 0.6 is 43.6 Å². The first kappa shape index (κ1) is 11.2. The Bertz CT molecular complexity index is 430. The van der Waals surface area contributed by atoms with Crippen LogP contribution in [0.25, 0.3) is 0 Å². The maximum Gasteiger partial charge on any atom is 0.115 e. The maximum atomic E-state index is 4.31. The first-order chi connectivity index (χ1) is 7.27. The van der Waals surface area contributed by atoms with Gasteiger partial charge in [0.05, 0.1) is 4.47 Å². The number of benzene rings is 1. The van der Waals surface area contributed by atoms with Crippen LogP contribution in [-0.4, -0.2) is 4.98 Å². The molecule has 0 unspecified atom stereocenters. The molecule has 0 aliphatic heterocycles. The Kier molecular flexibility index (Phi) is 3.83. The van der Waals surface area contributed by atoms with Crippen molar-refractivity contribution < 1.29 is 0 Å². The van der Waals surface area contributed by atoms with Gasteiger partial charge < -0.3 is 0 Å². The van der Waals surface area contributed by atoms with Crippen LogP contribution in [0, 0.1) is 0 Å². The molecule has 0 atom stereocenters. The number of nitrogens with zero attached hydrogens (tertiary/aromatic N) is 1. The van der Waals surface area contributed by atoms with Gasteiger partial charge in [0.15, 0.2) is 0 Å². The zero-order valence-electron chi connectivity index (χ0n) is 7.65. The number of aromatic nitrogens is 1. The van der Waals surface area contributed by atoms with Gasteiger partial charge in [0.25, 0.3) is 0 Å². The van der Waals surface area contributed by atoms with Gasteiger partial charge in [0, 0.05) is 15.6 Å². The SMILES string of the molecule is Brc1ccccc1Sc1ncccc1Br. The Morgan fingerprint density at radius 1 is 0.933 bits per heavy atom. The lowest BCUT2D eigenvalue weighted by Gasteiger charge is -2.04. The molecule has 0 amide bonds. The van der Waals surface area contributed by atoms with Crippen molar-refractivity contribution in [1.82, 2.24) is 4.98 Å². The van der Waals surface area contributed by atoms with E-state index in [1.165, 1.54) is 0 Å². The monoisotopic (exact) mass is 343 g/mol. The molecule has 0 aliphatic rings. The van der Waals surface area contributed by atoms with Crippen LogP contribution in [-0.2, 0) is 0 Å². The summed E-state index contributed by atoms with van der Waals surface area (Å²) in [5.74, 6) is 0. The maximum absolute atomic E-state index is 4.31. The van der Waals surface area contributed by atoms with Gasteiger partial charge in [-0.3, -0.25) is 0 Å². The Morgan fingerprint density at radius 2 is 1.67 bits per heavy atom. The van der Waals surface area contributed by atoms with E-state index in [0.29, 0.717) is 0 Å². The fourth-order valence-electron chi connectivity index (χ4n) is 1.08. The molecule has 1 aromatic heterocycles. The van der Waals surface area contributed by atoms with Crippen LogP contribution in [0.1, 0.15) is 0 Å². The summed E-state index contributed by atoms with van der Waals surface area (Å²) in [7, 11) is 0. The third-order valence-corrected chi connectivity index (χ3v) is 4.72. The second-order valence-corrected chi connectivity index (χ2v) is 5.56. The third kappa shape index (κ3) is 2.83. The van der Waals surface area contributed by atoms with Crippen LogP contribution in [0.3, 0.4) is 0 Å². The Balaban J connectivity index is 2.30. The molecule has 0 saturated carbocycles. The molecule has 0 radical (unpaired) electrons. The first-order valence-electron chi connectivity index (χ1n) is 4.30. The fraction of sp³-hybridized carbons (Fsp3) is 0. The van der Waals surface area contributed by atoms with E-state index in [9.17, 15) is 0 Å². The van der Waals surface area contributed by atoms with E-state index < -0.39 is 0 Å². The number of pyridine rings is 1. The number of rotatable bonds is 2. The topological polar surface area (TPSA) is 12.9 Å². The molecule has 2 aromatic rings. The molecule has 0 bridgehead atoms. The summed E-state index contributed by atoms with van der Waals surface area (Å²) in [6.45, 7) is 0. The number of hydrogen-bond acceptors (Lipinski definition) is 2. The fourth-order valence-corrected chi connectivity index (χ4v) is 2.90. The molecule has 0 spiro atoms. The summed E-state index contributed by atoms with van der Waals surface area (Å²) in [5.41, 5.74) is 0. The molecular formula is C11H7Br2NS. The van der Waals surface area contributed by atoms with Crippen LogP contribution in [0.15, 0.2) is 61.5 Å². The normalized spacial score (nSPS) is 10.3. The van der Waals surface area contributed by atoms with E-state index in [2.05, 4.69) is 42.9 Å². The highest BCUT2D eigenvalue weighted by molar-refractivity contribution is 9.11. The summed E-state index contributed by atoms with van der Waals surface area (Å²) < 4.78 is 2.11. The predicted molar refractivity (Wildman–Crippen MR) is 70.2 cm³/mol. The minimum absolute atomic E-state index is 0.976. The van der Waals surface area contributed by atoms with Gasteiger partial charge in [-0.25, -0.2) is 4.98 Å². The van der Waals surface area contributed by atoms with E-state index in [1.54, 1.807) is 18.0 Å². The minimum Gasteiger partial charge on any atom is -0.248 e. The van der Waals surface area contributed by atoms with Crippen LogP contribution in [0.2, 0.25) is 0 Å². The van der Waals surface area contributed by atoms with Crippen molar-refractivity contribution in [2.75, 3.05) is 0 Å². The lowest BCUT2D eigenvalue weighted by Crippen LogP contribution is -1.81. The zero-order valence-corrected chi connectivity index (χ0v) is 11.6. The third-order valence-electron chi connectivity index (χ3n) is 1.77. The summed E-state index contributed by atoms with van der Waals surface area (Å²) in [6.07, 6.45) is 1.80. The van der Waals surface area contributed by atoms with Crippen molar-refractivity contribution in [3.8, 4) is 0 Å². The van der Waals surface area contributed by atoms with Gasteiger partial charge in [0.1, 0.15) is 5.03 Å². The standard InChI is InChI=1S/C11H7Br2NS/c12-8-4-1-2-6-10(8)15-11-9(13)5-3-7-14-11/h1-7H. The number of halogens is 2. The van der Waals surface area contributed by atoms with Crippen molar-refractivity contribution in [1.29, 1.82) is 0 Å². The van der Waals surface area contributed by atoms with Crippen LogP contribution < -0.4 is 0 Å². The molecule has 0 saturated heterocycles. The van der Waals surface area contributed by atoms with Gasteiger partial charge in [-0.05, 0) is 56.1 Å². The highest BCUT2D eigenvalue weighted by Crippen LogP contribution is 2.35. The highest BCUT2D eigenvalue weighted by Gasteiger charge is 2.05. The molecule has 76 valence electrons. The molecule has 1 heterocycles. The van der Waals surface area contributed by atoms with E-state index in [0.717, 1.165) is 18.9 Å². The van der Waals surface area contributed by atoms with Crippen LogP contribution in [0.4, 0.5) is 0 Å². The van der Waals surface area contributed by atoms with Gasteiger partial charge in [-0.15, -0.1) is 0 Å². The molecule has 1 nitrogen and oxygen atoms in total. The predicted octanol–water partition coefficient (Wildman–Crippen LogP) is 4.76. The highest BCUT2D eigenvalue weighted by atomic mass is 79.9. The largest absolute Gasteiger partial charge is 0.248 e. The Morgan fingerprint density at radius 3 is 2.40 bits per heavy atom. The van der Waals surface area contributed by atoms with Gasteiger partial charge in [-0.1, -0.05) is 23.9 Å². The van der Waals surface area contributed by atoms with Crippen molar-refractivity contribution in [3.63, 3.8) is 0 Å². The molecule has 15 heavy (non-hydrogen) atoms. The van der Waals surface area contributed by atoms with Crippen molar-refractivity contribution >= 4 is 43.6 Å². The summed E-state index contributed by atoms with van der Waals surface area (Å²) >= 11 is 8.63. The van der Waals surface area contributed by atoms with E-state index in [4.69, 9.17) is 0 Å². The minimum atomic E-state index is 0.976. The first-order valence-corrected chi connectivity index (χ1v) is 6.70. The lowest BCUT2D eigenvalue weighted by atomic mass is 10.4.